The van der Waals surface area contributed by atoms with Crippen LogP contribution < -0.4 is 10.1 Å². The summed E-state index contributed by atoms with van der Waals surface area (Å²) >= 11 is 6.04. The molecular weight excluding hydrogens is 241 g/mol. The minimum atomic E-state index is -0.363. The molecule has 0 aromatic heterocycles. The molecule has 0 radical (unpaired) electrons. The summed E-state index contributed by atoms with van der Waals surface area (Å²) in [5.41, 5.74) is 1.58. The Bertz CT molecular complexity index is 416. The molecule has 1 saturated heterocycles. The summed E-state index contributed by atoms with van der Waals surface area (Å²) in [5, 5.41) is 3.58. The van der Waals surface area contributed by atoms with Gasteiger partial charge in [0.1, 0.15) is 11.6 Å². The van der Waals surface area contributed by atoms with Gasteiger partial charge in [0.05, 0.1) is 12.1 Å². The second-order valence-electron chi connectivity index (χ2n) is 4.50. The van der Waals surface area contributed by atoms with E-state index in [9.17, 15) is 4.39 Å². The van der Waals surface area contributed by atoms with Crippen LogP contribution in [-0.4, -0.2) is 19.7 Å². The predicted octanol–water partition coefficient (Wildman–Crippen LogP) is 3.09. The lowest BCUT2D eigenvalue weighted by atomic mass is 10.0. The first kappa shape index (κ1) is 12.7. The third-order valence-corrected chi connectivity index (χ3v) is 3.68. The van der Waals surface area contributed by atoms with Gasteiger partial charge in [-0.1, -0.05) is 11.6 Å². The number of aryl methyl sites for hydroxylation is 1. The van der Waals surface area contributed by atoms with Gasteiger partial charge in [0, 0.05) is 11.6 Å². The van der Waals surface area contributed by atoms with Gasteiger partial charge in [0.2, 0.25) is 0 Å². The quantitative estimate of drug-likeness (QED) is 0.899. The van der Waals surface area contributed by atoms with Crippen molar-refractivity contribution in [2.24, 2.45) is 0 Å². The van der Waals surface area contributed by atoms with E-state index in [0.717, 1.165) is 30.5 Å². The highest BCUT2D eigenvalue weighted by atomic mass is 35.5. The molecular formula is C13H17ClFNO. The van der Waals surface area contributed by atoms with Gasteiger partial charge >= 0.3 is 0 Å². The lowest BCUT2D eigenvalue weighted by Gasteiger charge is -2.17. The fourth-order valence-electron chi connectivity index (χ4n) is 2.44. The molecule has 1 unspecified atom stereocenters. The predicted molar refractivity (Wildman–Crippen MR) is 67.4 cm³/mol. The Morgan fingerprint density at radius 3 is 2.94 bits per heavy atom. The minimum absolute atomic E-state index is 0.196. The average molecular weight is 258 g/mol. The van der Waals surface area contributed by atoms with Crippen LogP contribution >= 0.6 is 11.6 Å². The summed E-state index contributed by atoms with van der Waals surface area (Å²) < 4.78 is 19.0. The maximum absolute atomic E-state index is 13.6. The van der Waals surface area contributed by atoms with Crippen LogP contribution in [0.4, 0.5) is 4.39 Å². The first-order chi connectivity index (χ1) is 8.13. The molecule has 0 bridgehead atoms. The average Bonchev–Trinajstić information content (AvgIpc) is 2.78. The summed E-state index contributed by atoms with van der Waals surface area (Å²) in [5.74, 6) is 0.350. The smallest absolute Gasteiger partial charge is 0.142 e. The normalized spacial score (nSPS) is 19.6. The van der Waals surface area contributed by atoms with Crippen LogP contribution in [-0.2, 0) is 6.42 Å². The summed E-state index contributed by atoms with van der Waals surface area (Å²) in [6.45, 7) is 2.86. The van der Waals surface area contributed by atoms with Crippen molar-refractivity contribution in [3.63, 3.8) is 0 Å². The Morgan fingerprint density at radius 1 is 1.59 bits per heavy atom. The molecule has 0 spiro atoms. The highest BCUT2D eigenvalue weighted by Crippen LogP contribution is 2.34. The van der Waals surface area contributed by atoms with E-state index in [4.69, 9.17) is 16.3 Å². The maximum Gasteiger partial charge on any atom is 0.142 e. The van der Waals surface area contributed by atoms with Crippen LogP contribution in [0.1, 0.15) is 24.0 Å². The molecule has 0 aliphatic carbocycles. The molecule has 1 N–H and O–H groups in total. The van der Waals surface area contributed by atoms with E-state index in [0.29, 0.717) is 11.8 Å². The van der Waals surface area contributed by atoms with E-state index < -0.39 is 0 Å². The third-order valence-electron chi connectivity index (χ3n) is 3.27. The van der Waals surface area contributed by atoms with E-state index in [1.807, 2.05) is 6.92 Å². The van der Waals surface area contributed by atoms with Gasteiger partial charge < -0.3 is 10.1 Å². The highest BCUT2D eigenvalue weighted by molar-refractivity contribution is 6.31. The van der Waals surface area contributed by atoms with Gasteiger partial charge in [-0.05, 0) is 44.4 Å². The van der Waals surface area contributed by atoms with E-state index >= 15 is 0 Å². The van der Waals surface area contributed by atoms with Crippen molar-refractivity contribution in [1.29, 1.82) is 0 Å². The SMILES string of the molecule is COc1c(C)cc(F)c(Cl)c1CC1CCCN1. The molecule has 1 heterocycles. The fraction of sp³-hybridized carbons (Fsp3) is 0.538. The number of hydrogen-bond acceptors (Lipinski definition) is 2. The zero-order valence-corrected chi connectivity index (χ0v) is 10.9. The van der Waals surface area contributed by atoms with Crippen molar-refractivity contribution in [1.82, 2.24) is 5.32 Å². The van der Waals surface area contributed by atoms with Gasteiger partial charge in [0.15, 0.2) is 0 Å². The Kier molecular flexibility index (Phi) is 3.89. The van der Waals surface area contributed by atoms with Crippen molar-refractivity contribution < 1.29 is 9.13 Å². The lowest BCUT2D eigenvalue weighted by Crippen LogP contribution is -2.24. The highest BCUT2D eigenvalue weighted by Gasteiger charge is 2.21. The number of hydrogen-bond donors (Lipinski definition) is 1. The lowest BCUT2D eigenvalue weighted by molar-refractivity contribution is 0.402. The molecule has 2 rings (SSSR count). The molecule has 1 fully saturated rings. The Labute approximate surface area is 106 Å². The van der Waals surface area contributed by atoms with E-state index in [1.54, 1.807) is 7.11 Å². The molecule has 4 heteroatoms. The fourth-order valence-corrected chi connectivity index (χ4v) is 2.66. The van der Waals surface area contributed by atoms with Crippen molar-refractivity contribution >= 4 is 11.6 Å². The van der Waals surface area contributed by atoms with Gasteiger partial charge in [-0.2, -0.15) is 0 Å². The summed E-state index contributed by atoms with van der Waals surface area (Å²) in [6, 6.07) is 1.80. The first-order valence-electron chi connectivity index (χ1n) is 5.88. The molecule has 1 aliphatic heterocycles. The third kappa shape index (κ3) is 2.55. The second kappa shape index (κ2) is 5.23. The Morgan fingerprint density at radius 2 is 2.35 bits per heavy atom. The van der Waals surface area contributed by atoms with Crippen LogP contribution in [0.3, 0.4) is 0 Å². The minimum Gasteiger partial charge on any atom is -0.496 e. The molecule has 2 nitrogen and oxygen atoms in total. The van der Waals surface area contributed by atoms with Gasteiger partial charge in [0.25, 0.3) is 0 Å². The van der Waals surface area contributed by atoms with E-state index in [2.05, 4.69) is 5.32 Å². The number of nitrogens with one attached hydrogen (secondary N) is 1. The monoisotopic (exact) mass is 257 g/mol. The van der Waals surface area contributed by atoms with E-state index in [-0.39, 0.29) is 10.8 Å². The van der Waals surface area contributed by atoms with E-state index in [1.165, 1.54) is 12.5 Å². The molecule has 0 amide bonds. The summed E-state index contributed by atoms with van der Waals surface area (Å²) in [4.78, 5) is 0. The molecule has 17 heavy (non-hydrogen) atoms. The summed E-state index contributed by atoms with van der Waals surface area (Å²) in [7, 11) is 1.60. The van der Waals surface area contributed by atoms with Crippen molar-refractivity contribution in [3.8, 4) is 5.75 Å². The molecule has 1 aromatic rings. The van der Waals surface area contributed by atoms with Crippen LogP contribution in [0.15, 0.2) is 6.07 Å². The zero-order chi connectivity index (χ0) is 12.4. The largest absolute Gasteiger partial charge is 0.496 e. The second-order valence-corrected chi connectivity index (χ2v) is 4.88. The van der Waals surface area contributed by atoms with Gasteiger partial charge in [-0.3, -0.25) is 0 Å². The zero-order valence-electron chi connectivity index (χ0n) is 10.1. The standard InChI is InChI=1S/C13H17ClFNO/c1-8-6-11(15)12(14)10(13(8)17-2)7-9-4-3-5-16-9/h6,9,16H,3-5,7H2,1-2H3. The van der Waals surface area contributed by atoms with Crippen LogP contribution in [0.25, 0.3) is 0 Å². The van der Waals surface area contributed by atoms with Crippen molar-refractivity contribution in [2.75, 3.05) is 13.7 Å². The van der Waals surface area contributed by atoms with Crippen LogP contribution in [0, 0.1) is 12.7 Å². The number of rotatable bonds is 3. The molecule has 0 saturated carbocycles. The summed E-state index contributed by atoms with van der Waals surface area (Å²) in [6.07, 6.45) is 2.99. The van der Waals surface area contributed by atoms with Crippen LogP contribution in [0.5, 0.6) is 5.75 Å². The molecule has 1 aliphatic rings. The van der Waals surface area contributed by atoms with Crippen LogP contribution in [0.2, 0.25) is 5.02 Å². The molecule has 94 valence electrons. The van der Waals surface area contributed by atoms with Gasteiger partial charge in [-0.15, -0.1) is 0 Å². The van der Waals surface area contributed by atoms with Crippen molar-refractivity contribution in [3.05, 3.63) is 28.0 Å². The van der Waals surface area contributed by atoms with Crippen molar-refractivity contribution in [2.45, 2.75) is 32.2 Å². The topological polar surface area (TPSA) is 21.3 Å². The molecule has 1 aromatic carbocycles. The number of benzene rings is 1. The Hall–Kier alpha value is -0.800. The maximum atomic E-state index is 13.6. The number of methoxy groups -OCH3 is 1. The number of ether oxygens (including phenoxy) is 1. The van der Waals surface area contributed by atoms with Gasteiger partial charge in [-0.25, -0.2) is 4.39 Å². The Balaban J connectivity index is 2.35. The molecule has 1 atom stereocenters. The first-order valence-corrected chi connectivity index (χ1v) is 6.26. The number of halogens is 2.